The van der Waals surface area contributed by atoms with E-state index in [1.54, 1.807) is 17.1 Å². The predicted octanol–water partition coefficient (Wildman–Crippen LogP) is 2.77. The molecule has 2 nitrogen and oxygen atoms in total. The van der Waals surface area contributed by atoms with Crippen LogP contribution in [0.15, 0.2) is 25.3 Å². The quantitative estimate of drug-likeness (QED) is 0.491. The predicted molar refractivity (Wildman–Crippen MR) is 61.7 cm³/mol. The summed E-state index contributed by atoms with van der Waals surface area (Å²) in [6.45, 7) is 8.39. The second-order valence-electron chi connectivity index (χ2n) is 2.78. The number of rotatable bonds is 7. The summed E-state index contributed by atoms with van der Waals surface area (Å²) in [6, 6.07) is 0. The van der Waals surface area contributed by atoms with Gasteiger partial charge >= 0.3 is 0 Å². The number of nitrogens with zero attached hydrogens (tertiary/aromatic N) is 1. The Morgan fingerprint density at radius 2 is 1.64 bits per heavy atom. The van der Waals surface area contributed by atoms with Gasteiger partial charge < -0.3 is 4.90 Å². The van der Waals surface area contributed by atoms with Crippen molar-refractivity contribution in [3.05, 3.63) is 25.3 Å². The van der Waals surface area contributed by atoms with Gasteiger partial charge in [0.1, 0.15) is 0 Å². The summed E-state index contributed by atoms with van der Waals surface area (Å²) in [4.78, 5) is 12.1. The zero-order valence-corrected chi connectivity index (χ0v) is 9.60. The minimum absolute atomic E-state index is 0.253. The van der Waals surface area contributed by atoms with Crippen LogP contribution in [0.25, 0.3) is 0 Å². The van der Waals surface area contributed by atoms with Gasteiger partial charge in [0.25, 0.3) is 5.91 Å². The summed E-state index contributed by atoms with van der Waals surface area (Å²) in [5.41, 5.74) is 0. The number of halogens is 2. The second-order valence-corrected chi connectivity index (χ2v) is 3.88. The maximum atomic E-state index is 11.4. The molecule has 0 aliphatic carbocycles. The van der Waals surface area contributed by atoms with Crippen LogP contribution >= 0.6 is 23.2 Å². The maximum Gasteiger partial charge on any atom is 0.255 e. The highest BCUT2D eigenvalue weighted by Gasteiger charge is 2.18. The molecule has 0 unspecified atom stereocenters. The van der Waals surface area contributed by atoms with Gasteiger partial charge in [-0.2, -0.15) is 0 Å². The lowest BCUT2D eigenvalue weighted by molar-refractivity contribution is -0.129. The molecule has 0 aliphatic rings. The van der Waals surface area contributed by atoms with Crippen LogP contribution in [-0.2, 0) is 4.79 Å². The molecule has 0 spiro atoms. The highest BCUT2D eigenvalue weighted by Crippen LogP contribution is 2.08. The number of hydrogen-bond donors (Lipinski definition) is 0. The molecule has 0 aromatic carbocycles. The van der Waals surface area contributed by atoms with Crippen molar-refractivity contribution in [2.75, 3.05) is 13.1 Å². The number of amides is 1. The van der Waals surface area contributed by atoms with Gasteiger partial charge in [-0.15, -0.1) is 13.2 Å². The van der Waals surface area contributed by atoms with E-state index in [1.807, 2.05) is 0 Å². The molecule has 4 heteroatoms. The Morgan fingerprint density at radius 3 is 1.93 bits per heavy atom. The molecule has 0 radical (unpaired) electrons. The van der Waals surface area contributed by atoms with Crippen molar-refractivity contribution in [1.29, 1.82) is 0 Å². The third-order valence-corrected chi connectivity index (χ3v) is 2.08. The molecular weight excluding hydrogens is 221 g/mol. The van der Waals surface area contributed by atoms with Crippen LogP contribution < -0.4 is 0 Å². The van der Waals surface area contributed by atoms with Gasteiger partial charge in [-0.05, 0) is 12.8 Å². The van der Waals surface area contributed by atoms with Crippen molar-refractivity contribution in [3.8, 4) is 0 Å². The third kappa shape index (κ3) is 5.30. The van der Waals surface area contributed by atoms with Crippen molar-refractivity contribution in [1.82, 2.24) is 4.90 Å². The minimum atomic E-state index is -0.982. The van der Waals surface area contributed by atoms with E-state index in [2.05, 4.69) is 13.2 Å². The fraction of sp³-hybridized carbons (Fsp3) is 0.500. The molecule has 0 saturated heterocycles. The van der Waals surface area contributed by atoms with E-state index in [0.29, 0.717) is 13.1 Å². The summed E-state index contributed by atoms with van der Waals surface area (Å²) < 4.78 is 0. The van der Waals surface area contributed by atoms with Gasteiger partial charge in [0.05, 0.1) is 0 Å². The van der Waals surface area contributed by atoms with Crippen molar-refractivity contribution >= 4 is 29.1 Å². The first kappa shape index (κ1) is 13.5. The summed E-state index contributed by atoms with van der Waals surface area (Å²) in [5, 5.41) is 0. The largest absolute Gasteiger partial charge is 0.340 e. The molecular formula is C10H15Cl2NO. The van der Waals surface area contributed by atoms with Crippen LogP contribution in [0.2, 0.25) is 0 Å². The fourth-order valence-electron chi connectivity index (χ4n) is 0.964. The molecule has 0 N–H and O–H groups in total. The second kappa shape index (κ2) is 7.89. The Morgan fingerprint density at radius 1 is 1.21 bits per heavy atom. The molecule has 0 aromatic rings. The van der Waals surface area contributed by atoms with Crippen LogP contribution in [0.5, 0.6) is 0 Å². The standard InChI is InChI=1S/C10H15Cl2NO/c1-3-5-7-13(8-6-4-2)10(14)9(11)12/h3-4,9H,1-2,5-8H2. The summed E-state index contributed by atoms with van der Waals surface area (Å²) in [5.74, 6) is -0.253. The van der Waals surface area contributed by atoms with Crippen LogP contribution in [0, 0.1) is 0 Å². The van der Waals surface area contributed by atoms with E-state index in [0.717, 1.165) is 12.8 Å². The van der Waals surface area contributed by atoms with E-state index >= 15 is 0 Å². The number of alkyl halides is 2. The van der Waals surface area contributed by atoms with Crippen molar-refractivity contribution in [2.24, 2.45) is 0 Å². The Bertz CT molecular complexity index is 192. The lowest BCUT2D eigenvalue weighted by Gasteiger charge is -2.21. The lowest BCUT2D eigenvalue weighted by Crippen LogP contribution is -2.36. The molecule has 0 rings (SSSR count). The number of carbonyl (C=O) groups excluding carboxylic acids is 1. The van der Waals surface area contributed by atoms with Crippen LogP contribution in [0.4, 0.5) is 0 Å². The van der Waals surface area contributed by atoms with E-state index in [1.165, 1.54) is 0 Å². The van der Waals surface area contributed by atoms with Gasteiger partial charge in [-0.1, -0.05) is 35.4 Å². The summed E-state index contributed by atoms with van der Waals surface area (Å²) >= 11 is 11.0. The third-order valence-electron chi connectivity index (χ3n) is 1.70. The first-order valence-corrected chi connectivity index (χ1v) is 5.29. The van der Waals surface area contributed by atoms with Crippen molar-refractivity contribution in [3.63, 3.8) is 0 Å². The van der Waals surface area contributed by atoms with E-state index in [4.69, 9.17) is 23.2 Å². The topological polar surface area (TPSA) is 20.3 Å². The van der Waals surface area contributed by atoms with Gasteiger partial charge in [0.2, 0.25) is 0 Å². The molecule has 80 valence electrons. The van der Waals surface area contributed by atoms with Crippen molar-refractivity contribution < 1.29 is 4.79 Å². The van der Waals surface area contributed by atoms with E-state index in [-0.39, 0.29) is 5.91 Å². The van der Waals surface area contributed by atoms with Gasteiger partial charge in [-0.25, -0.2) is 0 Å². The SMILES string of the molecule is C=CCCN(CCC=C)C(=O)C(Cl)Cl. The first-order chi connectivity index (χ1) is 6.63. The molecule has 0 bridgehead atoms. The van der Waals surface area contributed by atoms with Crippen LogP contribution in [0.3, 0.4) is 0 Å². The van der Waals surface area contributed by atoms with Gasteiger partial charge in [0, 0.05) is 13.1 Å². The Kier molecular flexibility index (Phi) is 7.63. The van der Waals surface area contributed by atoms with E-state index < -0.39 is 4.84 Å². The average Bonchev–Trinajstić information content (AvgIpc) is 2.17. The van der Waals surface area contributed by atoms with Crippen LogP contribution in [-0.4, -0.2) is 28.7 Å². The Labute approximate surface area is 95.2 Å². The highest BCUT2D eigenvalue weighted by atomic mass is 35.5. The molecule has 0 atom stereocenters. The zero-order valence-electron chi connectivity index (χ0n) is 8.09. The van der Waals surface area contributed by atoms with Gasteiger partial charge in [-0.3, -0.25) is 4.79 Å². The Hall–Kier alpha value is -0.470. The summed E-state index contributed by atoms with van der Waals surface area (Å²) in [6.07, 6.45) is 4.99. The Balaban J connectivity index is 4.14. The molecule has 0 aromatic heterocycles. The normalized spacial score (nSPS) is 9.93. The van der Waals surface area contributed by atoms with Crippen molar-refractivity contribution in [2.45, 2.75) is 17.7 Å². The molecule has 1 amide bonds. The fourth-order valence-corrected chi connectivity index (χ4v) is 1.24. The lowest BCUT2D eigenvalue weighted by atomic mass is 10.3. The first-order valence-electron chi connectivity index (χ1n) is 4.42. The van der Waals surface area contributed by atoms with Crippen LogP contribution in [0.1, 0.15) is 12.8 Å². The van der Waals surface area contributed by atoms with E-state index in [9.17, 15) is 4.79 Å². The minimum Gasteiger partial charge on any atom is -0.340 e. The molecule has 0 aliphatic heterocycles. The number of carbonyl (C=O) groups is 1. The van der Waals surface area contributed by atoms with Gasteiger partial charge in [0.15, 0.2) is 4.84 Å². The number of hydrogen-bond acceptors (Lipinski definition) is 1. The maximum absolute atomic E-state index is 11.4. The monoisotopic (exact) mass is 235 g/mol. The average molecular weight is 236 g/mol. The molecule has 0 heterocycles. The summed E-state index contributed by atoms with van der Waals surface area (Å²) in [7, 11) is 0. The smallest absolute Gasteiger partial charge is 0.255 e. The molecule has 0 fully saturated rings. The zero-order chi connectivity index (χ0) is 11.0. The molecule has 0 saturated carbocycles. The molecule has 14 heavy (non-hydrogen) atoms. The highest BCUT2D eigenvalue weighted by molar-refractivity contribution is 6.53.